The number of hydrogen-bond donors (Lipinski definition) is 1. The number of aromatic nitrogens is 1. The molecule has 0 aliphatic carbocycles. The average Bonchev–Trinajstić information content (AvgIpc) is 3.29. The maximum atomic E-state index is 13.0. The van der Waals surface area contributed by atoms with Crippen molar-refractivity contribution in [3.05, 3.63) is 69.7 Å². The Morgan fingerprint density at radius 3 is 2.52 bits per heavy atom. The topological polar surface area (TPSA) is 88.4 Å². The van der Waals surface area contributed by atoms with E-state index in [4.69, 9.17) is 0 Å². The zero-order valence-electron chi connectivity index (χ0n) is 15.7. The molecule has 8 heteroatoms. The van der Waals surface area contributed by atoms with Crippen molar-refractivity contribution in [1.29, 1.82) is 0 Å². The maximum absolute atomic E-state index is 13.0. The van der Waals surface area contributed by atoms with Gasteiger partial charge in [-0.05, 0) is 49.6 Å². The third kappa shape index (κ3) is 4.27. The van der Waals surface area contributed by atoms with Crippen LogP contribution in [0.5, 0.6) is 0 Å². The van der Waals surface area contributed by atoms with E-state index in [9.17, 15) is 14.9 Å². The molecule has 0 bridgehead atoms. The molecule has 4 rings (SSSR count). The molecule has 1 aromatic heterocycles. The van der Waals surface area contributed by atoms with Crippen molar-refractivity contribution in [2.24, 2.45) is 0 Å². The molecule has 0 radical (unpaired) electrons. The minimum atomic E-state index is -0.473. The van der Waals surface area contributed by atoms with Crippen LogP contribution in [0.25, 0.3) is 10.6 Å². The number of amides is 1. The number of carbonyl (C=O) groups is 1. The minimum absolute atomic E-state index is 0.0879. The summed E-state index contributed by atoms with van der Waals surface area (Å²) in [6.45, 7) is 1.70. The number of carbonyl (C=O) groups excluding carboxylic acids is 1. The van der Waals surface area contributed by atoms with E-state index in [1.165, 1.54) is 12.1 Å². The molecular formula is C21H20N4O3S. The van der Waals surface area contributed by atoms with Crippen LogP contribution in [-0.4, -0.2) is 28.9 Å². The van der Waals surface area contributed by atoms with Gasteiger partial charge in [0.05, 0.1) is 16.2 Å². The van der Waals surface area contributed by atoms with Crippen LogP contribution in [0.3, 0.4) is 0 Å². The summed E-state index contributed by atoms with van der Waals surface area (Å²) in [5, 5.41) is 16.9. The van der Waals surface area contributed by atoms with E-state index in [2.05, 4.69) is 15.2 Å². The number of nitrogens with zero attached hydrogens (tertiary/aromatic N) is 3. The van der Waals surface area contributed by atoms with Crippen LogP contribution >= 0.6 is 11.3 Å². The first-order valence-corrected chi connectivity index (χ1v) is 10.3. The monoisotopic (exact) mass is 408 g/mol. The van der Waals surface area contributed by atoms with E-state index in [1.54, 1.807) is 23.6 Å². The lowest BCUT2D eigenvalue weighted by Gasteiger charge is -2.30. The van der Waals surface area contributed by atoms with Gasteiger partial charge >= 0.3 is 0 Å². The molecule has 1 N–H and O–H groups in total. The SMILES string of the molecule is O=C(Nc1ccc(-c2nccs2)cc1)c1cc([N+](=O)[O-])ccc1N1CCCCC1. The number of nitro groups is 1. The second kappa shape index (κ2) is 8.40. The van der Waals surface area contributed by atoms with Gasteiger partial charge < -0.3 is 10.2 Å². The Morgan fingerprint density at radius 1 is 1.10 bits per heavy atom. The van der Waals surface area contributed by atoms with Crippen molar-refractivity contribution < 1.29 is 9.72 Å². The molecular weight excluding hydrogens is 388 g/mol. The Bertz CT molecular complexity index is 1010. The molecule has 0 saturated carbocycles. The number of benzene rings is 2. The number of rotatable bonds is 5. The summed E-state index contributed by atoms with van der Waals surface area (Å²) in [6.07, 6.45) is 5.02. The fourth-order valence-corrected chi connectivity index (χ4v) is 4.14. The molecule has 0 unspecified atom stereocenters. The Kier molecular flexibility index (Phi) is 5.53. The van der Waals surface area contributed by atoms with Gasteiger partial charge in [-0.3, -0.25) is 14.9 Å². The molecule has 7 nitrogen and oxygen atoms in total. The molecule has 1 fully saturated rings. The summed E-state index contributed by atoms with van der Waals surface area (Å²) in [5.74, 6) is -0.351. The van der Waals surface area contributed by atoms with Gasteiger partial charge in [0.1, 0.15) is 5.01 Å². The third-order valence-corrected chi connectivity index (χ3v) is 5.78. The van der Waals surface area contributed by atoms with Crippen molar-refractivity contribution in [2.75, 3.05) is 23.3 Å². The van der Waals surface area contributed by atoms with Gasteiger partial charge in [0, 0.05) is 48.0 Å². The summed E-state index contributed by atoms with van der Waals surface area (Å²) in [6, 6.07) is 11.9. The molecule has 2 aromatic carbocycles. The average molecular weight is 408 g/mol. The van der Waals surface area contributed by atoms with Gasteiger partial charge in [-0.1, -0.05) is 0 Å². The molecule has 148 valence electrons. The van der Waals surface area contributed by atoms with Crippen molar-refractivity contribution >= 4 is 34.3 Å². The van der Waals surface area contributed by atoms with E-state index in [1.807, 2.05) is 29.6 Å². The smallest absolute Gasteiger partial charge is 0.270 e. The Hall–Kier alpha value is -3.26. The Morgan fingerprint density at radius 2 is 1.86 bits per heavy atom. The summed E-state index contributed by atoms with van der Waals surface area (Å²) in [5.41, 5.74) is 2.58. The van der Waals surface area contributed by atoms with Gasteiger partial charge in [0.15, 0.2) is 0 Å². The maximum Gasteiger partial charge on any atom is 0.270 e. The zero-order valence-corrected chi connectivity index (χ0v) is 16.5. The van der Waals surface area contributed by atoms with E-state index < -0.39 is 4.92 Å². The second-order valence-electron chi connectivity index (χ2n) is 6.88. The third-order valence-electron chi connectivity index (χ3n) is 4.95. The predicted molar refractivity (Wildman–Crippen MR) is 115 cm³/mol. The van der Waals surface area contributed by atoms with Gasteiger partial charge in [0.2, 0.25) is 0 Å². The fourth-order valence-electron chi connectivity index (χ4n) is 3.49. The molecule has 1 aliphatic rings. The van der Waals surface area contributed by atoms with E-state index in [0.29, 0.717) is 11.3 Å². The number of nitro benzene ring substituents is 1. The van der Waals surface area contributed by atoms with E-state index in [-0.39, 0.29) is 11.6 Å². The fraction of sp³-hybridized carbons (Fsp3) is 0.238. The van der Waals surface area contributed by atoms with Crippen LogP contribution in [0.15, 0.2) is 54.0 Å². The lowest BCUT2D eigenvalue weighted by molar-refractivity contribution is -0.384. The van der Waals surface area contributed by atoms with Gasteiger partial charge in [0.25, 0.3) is 11.6 Å². The first-order chi connectivity index (χ1) is 14.1. The van der Waals surface area contributed by atoms with Gasteiger partial charge in [-0.25, -0.2) is 4.98 Å². The number of nitrogens with one attached hydrogen (secondary N) is 1. The second-order valence-corrected chi connectivity index (χ2v) is 7.77. The van der Waals surface area contributed by atoms with Crippen molar-refractivity contribution in [2.45, 2.75) is 19.3 Å². The highest BCUT2D eigenvalue weighted by molar-refractivity contribution is 7.13. The molecule has 1 aliphatic heterocycles. The van der Waals surface area contributed by atoms with E-state index in [0.717, 1.165) is 48.6 Å². The molecule has 1 saturated heterocycles. The zero-order chi connectivity index (χ0) is 20.2. The predicted octanol–water partition coefficient (Wildman–Crippen LogP) is 4.96. The van der Waals surface area contributed by atoms with Gasteiger partial charge in [-0.2, -0.15) is 0 Å². The molecule has 2 heterocycles. The summed E-state index contributed by atoms with van der Waals surface area (Å²) >= 11 is 1.55. The largest absolute Gasteiger partial charge is 0.371 e. The molecule has 1 amide bonds. The molecule has 0 spiro atoms. The normalized spacial score (nSPS) is 13.9. The minimum Gasteiger partial charge on any atom is -0.371 e. The lowest BCUT2D eigenvalue weighted by Crippen LogP contribution is -2.31. The summed E-state index contributed by atoms with van der Waals surface area (Å²) in [4.78, 5) is 30.2. The summed E-state index contributed by atoms with van der Waals surface area (Å²) in [7, 11) is 0. The standard InChI is InChI=1S/C21H20N4O3S/c26-20(23-16-6-4-15(5-7-16)21-22-10-13-29-21)18-14-17(25(27)28)8-9-19(18)24-11-2-1-3-12-24/h4-10,13-14H,1-3,11-12H2,(H,23,26). The lowest BCUT2D eigenvalue weighted by atomic mass is 10.1. The van der Waals surface area contributed by atoms with Crippen molar-refractivity contribution in [3.63, 3.8) is 0 Å². The van der Waals surface area contributed by atoms with Crippen LogP contribution in [0.1, 0.15) is 29.6 Å². The number of non-ortho nitro benzene ring substituents is 1. The van der Waals surface area contributed by atoms with Gasteiger partial charge in [-0.15, -0.1) is 11.3 Å². The Balaban J connectivity index is 1.59. The van der Waals surface area contributed by atoms with Crippen molar-refractivity contribution in [3.8, 4) is 10.6 Å². The molecule has 29 heavy (non-hydrogen) atoms. The van der Waals surface area contributed by atoms with Crippen LogP contribution in [0.2, 0.25) is 0 Å². The van der Waals surface area contributed by atoms with Crippen LogP contribution in [-0.2, 0) is 0 Å². The Labute approximate surface area is 172 Å². The highest BCUT2D eigenvalue weighted by Gasteiger charge is 2.22. The van der Waals surface area contributed by atoms with E-state index >= 15 is 0 Å². The first kappa shape index (κ1) is 19.1. The van der Waals surface area contributed by atoms with Crippen LogP contribution < -0.4 is 10.2 Å². The number of piperidine rings is 1. The van der Waals surface area contributed by atoms with Crippen LogP contribution in [0.4, 0.5) is 17.1 Å². The quantitative estimate of drug-likeness (QED) is 0.476. The number of anilines is 2. The highest BCUT2D eigenvalue weighted by atomic mass is 32.1. The van der Waals surface area contributed by atoms with Crippen molar-refractivity contribution in [1.82, 2.24) is 4.98 Å². The molecule has 0 atom stereocenters. The number of hydrogen-bond acceptors (Lipinski definition) is 6. The molecule has 3 aromatic rings. The number of thiazole rings is 1. The summed E-state index contributed by atoms with van der Waals surface area (Å²) < 4.78 is 0. The van der Waals surface area contributed by atoms with Crippen LogP contribution in [0, 0.1) is 10.1 Å². The highest BCUT2D eigenvalue weighted by Crippen LogP contribution is 2.29. The first-order valence-electron chi connectivity index (χ1n) is 9.46.